The molecule has 1 saturated heterocycles. The summed E-state index contributed by atoms with van der Waals surface area (Å²) in [5, 5.41) is 2.81. The maximum Gasteiger partial charge on any atom is 0.260 e. The summed E-state index contributed by atoms with van der Waals surface area (Å²) in [7, 11) is 0. The van der Waals surface area contributed by atoms with Gasteiger partial charge in [0.25, 0.3) is 11.8 Å². The molecule has 3 amide bonds. The van der Waals surface area contributed by atoms with E-state index in [1.54, 1.807) is 35.2 Å². The van der Waals surface area contributed by atoms with Crippen LogP contribution in [0.5, 0.6) is 5.75 Å². The second-order valence-corrected chi connectivity index (χ2v) is 7.55. The zero-order chi connectivity index (χ0) is 19.7. The maximum atomic E-state index is 12.9. The highest BCUT2D eigenvalue weighted by Gasteiger charge is 2.40. The second kappa shape index (κ2) is 7.63. The Morgan fingerprint density at radius 1 is 1.14 bits per heavy atom. The van der Waals surface area contributed by atoms with Gasteiger partial charge in [-0.1, -0.05) is 34.1 Å². The smallest absolute Gasteiger partial charge is 0.260 e. The highest BCUT2D eigenvalue weighted by molar-refractivity contribution is 9.10. The van der Waals surface area contributed by atoms with Gasteiger partial charge in [0.05, 0.1) is 17.8 Å². The van der Waals surface area contributed by atoms with Gasteiger partial charge in [-0.25, -0.2) is 0 Å². The molecule has 0 unspecified atom stereocenters. The summed E-state index contributed by atoms with van der Waals surface area (Å²) in [5.74, 6) is -0.116. The van der Waals surface area contributed by atoms with Gasteiger partial charge in [0, 0.05) is 17.6 Å². The lowest BCUT2D eigenvalue weighted by Crippen LogP contribution is -2.60. The molecule has 0 aliphatic carbocycles. The van der Waals surface area contributed by atoms with E-state index in [1.807, 2.05) is 18.2 Å². The molecule has 0 spiro atoms. The molecular weight excluding hydrogens is 426 g/mol. The number of piperazine rings is 1. The van der Waals surface area contributed by atoms with Gasteiger partial charge in [0.2, 0.25) is 5.91 Å². The Kier molecular flexibility index (Phi) is 5.04. The number of nitrogens with zero attached hydrogens (tertiary/aromatic N) is 2. The third-order valence-electron chi connectivity index (χ3n) is 4.87. The van der Waals surface area contributed by atoms with E-state index in [4.69, 9.17) is 4.74 Å². The van der Waals surface area contributed by atoms with Crippen LogP contribution in [0.15, 0.2) is 53.0 Å². The summed E-state index contributed by atoms with van der Waals surface area (Å²) >= 11 is 3.36. The molecule has 0 aromatic heterocycles. The van der Waals surface area contributed by atoms with Gasteiger partial charge in [0.1, 0.15) is 11.8 Å². The fourth-order valence-electron chi connectivity index (χ4n) is 3.40. The minimum atomic E-state index is -0.729. The molecule has 2 heterocycles. The van der Waals surface area contributed by atoms with Crippen LogP contribution in [-0.2, 0) is 9.59 Å². The lowest BCUT2D eigenvalue weighted by Gasteiger charge is -2.39. The molecule has 2 aromatic carbocycles. The van der Waals surface area contributed by atoms with Crippen molar-refractivity contribution in [3.8, 4) is 5.75 Å². The van der Waals surface area contributed by atoms with Crippen molar-refractivity contribution >= 4 is 39.3 Å². The van der Waals surface area contributed by atoms with Crippen LogP contribution in [0.4, 0.5) is 5.69 Å². The summed E-state index contributed by atoms with van der Waals surface area (Å²) in [4.78, 5) is 41.3. The Balaban J connectivity index is 1.47. The summed E-state index contributed by atoms with van der Waals surface area (Å²) < 4.78 is 6.28. The van der Waals surface area contributed by atoms with Crippen LogP contribution in [0, 0.1) is 0 Å². The van der Waals surface area contributed by atoms with Crippen LogP contribution in [0.2, 0.25) is 0 Å². The molecule has 7 nitrogen and oxygen atoms in total. The van der Waals surface area contributed by atoms with Gasteiger partial charge in [-0.2, -0.15) is 0 Å². The Bertz CT molecular complexity index is 934. The van der Waals surface area contributed by atoms with Crippen molar-refractivity contribution in [1.29, 1.82) is 0 Å². The molecule has 2 aliphatic heterocycles. The van der Waals surface area contributed by atoms with Gasteiger partial charge in [-0.3, -0.25) is 14.4 Å². The zero-order valence-electron chi connectivity index (χ0n) is 14.9. The first-order valence-corrected chi connectivity index (χ1v) is 9.69. The lowest BCUT2D eigenvalue weighted by atomic mass is 10.1. The molecule has 1 N–H and O–H groups in total. The first-order chi connectivity index (χ1) is 13.5. The van der Waals surface area contributed by atoms with Crippen molar-refractivity contribution in [2.24, 2.45) is 0 Å². The van der Waals surface area contributed by atoms with Crippen LogP contribution < -0.4 is 10.1 Å². The lowest BCUT2D eigenvalue weighted by molar-refractivity contribution is -0.137. The molecule has 0 bridgehead atoms. The number of ether oxygens (including phenoxy) is 1. The van der Waals surface area contributed by atoms with E-state index in [0.29, 0.717) is 30.1 Å². The van der Waals surface area contributed by atoms with Crippen molar-refractivity contribution in [3.05, 3.63) is 58.6 Å². The first kappa shape index (κ1) is 18.5. The van der Waals surface area contributed by atoms with Gasteiger partial charge in [-0.05, 0) is 30.3 Å². The number of carbonyl (C=O) groups is 3. The van der Waals surface area contributed by atoms with Gasteiger partial charge < -0.3 is 19.9 Å². The van der Waals surface area contributed by atoms with Gasteiger partial charge >= 0.3 is 0 Å². The van der Waals surface area contributed by atoms with Crippen molar-refractivity contribution in [2.45, 2.75) is 6.04 Å². The maximum absolute atomic E-state index is 12.9. The van der Waals surface area contributed by atoms with E-state index in [2.05, 4.69) is 21.2 Å². The number of nitrogens with one attached hydrogen (secondary N) is 1. The van der Waals surface area contributed by atoms with Gasteiger partial charge in [-0.15, -0.1) is 0 Å². The zero-order valence-corrected chi connectivity index (χ0v) is 16.5. The van der Waals surface area contributed by atoms with Crippen LogP contribution in [0.25, 0.3) is 0 Å². The average Bonchev–Trinajstić information content (AvgIpc) is 2.82. The Morgan fingerprint density at radius 2 is 1.93 bits per heavy atom. The Hall–Kier alpha value is -2.87. The third-order valence-corrected chi connectivity index (χ3v) is 5.37. The highest BCUT2D eigenvalue weighted by Crippen LogP contribution is 2.28. The number of para-hydroxylation sites is 1. The fraction of sp³-hybridized carbons (Fsp3) is 0.250. The van der Waals surface area contributed by atoms with Crippen molar-refractivity contribution in [1.82, 2.24) is 9.80 Å². The predicted molar refractivity (Wildman–Crippen MR) is 106 cm³/mol. The molecule has 2 aliphatic rings. The molecule has 1 atom stereocenters. The fourth-order valence-corrected chi connectivity index (χ4v) is 3.76. The number of anilines is 1. The van der Waals surface area contributed by atoms with Gasteiger partial charge in [0.15, 0.2) is 6.61 Å². The highest BCUT2D eigenvalue weighted by atomic mass is 79.9. The van der Waals surface area contributed by atoms with E-state index in [1.165, 1.54) is 4.90 Å². The quantitative estimate of drug-likeness (QED) is 0.787. The normalized spacial score (nSPS) is 18.7. The SMILES string of the molecule is O=C1Nc2ccc(Br)cc2C(=O)N2CCN(C(=O)COc3ccccc3)C[C@H]12. The molecule has 4 rings (SSSR count). The van der Waals surface area contributed by atoms with Crippen molar-refractivity contribution in [3.63, 3.8) is 0 Å². The number of rotatable bonds is 3. The second-order valence-electron chi connectivity index (χ2n) is 6.63. The summed E-state index contributed by atoms with van der Waals surface area (Å²) in [5.41, 5.74) is 0.926. The Labute approximate surface area is 170 Å². The van der Waals surface area contributed by atoms with E-state index < -0.39 is 6.04 Å². The van der Waals surface area contributed by atoms with Crippen LogP contribution >= 0.6 is 15.9 Å². The number of halogens is 1. The Morgan fingerprint density at radius 3 is 2.71 bits per heavy atom. The topological polar surface area (TPSA) is 79.0 Å². The van der Waals surface area contributed by atoms with E-state index in [-0.39, 0.29) is 30.9 Å². The summed E-state index contributed by atoms with van der Waals surface area (Å²) in [6.07, 6.45) is 0. The average molecular weight is 444 g/mol. The number of benzene rings is 2. The standard InChI is InChI=1S/C20H18BrN3O4/c21-13-6-7-16-15(10-13)20(27)24-9-8-23(11-17(24)19(26)22-16)18(25)12-28-14-4-2-1-3-5-14/h1-7,10,17H,8-9,11-12H2,(H,22,26)/t17-/m1/s1. The van der Waals surface area contributed by atoms with E-state index >= 15 is 0 Å². The molecule has 8 heteroatoms. The predicted octanol–water partition coefficient (Wildman–Crippen LogP) is 2.13. The molecule has 144 valence electrons. The van der Waals surface area contributed by atoms with Crippen LogP contribution in [0.3, 0.4) is 0 Å². The minimum absolute atomic E-state index is 0.112. The minimum Gasteiger partial charge on any atom is -0.484 e. The van der Waals surface area contributed by atoms with Crippen LogP contribution in [0.1, 0.15) is 10.4 Å². The number of hydrogen-bond acceptors (Lipinski definition) is 4. The monoisotopic (exact) mass is 443 g/mol. The number of carbonyl (C=O) groups excluding carboxylic acids is 3. The third kappa shape index (κ3) is 3.60. The van der Waals surface area contributed by atoms with E-state index in [9.17, 15) is 14.4 Å². The molecule has 28 heavy (non-hydrogen) atoms. The summed E-state index contributed by atoms with van der Waals surface area (Å²) in [6, 6.07) is 13.5. The molecular formula is C20H18BrN3O4. The van der Waals surface area contributed by atoms with Crippen molar-refractivity contribution < 1.29 is 19.1 Å². The number of amides is 3. The molecule has 0 saturated carbocycles. The number of hydrogen-bond donors (Lipinski definition) is 1. The summed E-state index contributed by atoms with van der Waals surface area (Å²) in [6.45, 7) is 0.680. The largest absolute Gasteiger partial charge is 0.484 e. The molecule has 2 aromatic rings. The van der Waals surface area contributed by atoms with Crippen molar-refractivity contribution in [2.75, 3.05) is 31.6 Å². The van der Waals surface area contributed by atoms with E-state index in [0.717, 1.165) is 4.47 Å². The van der Waals surface area contributed by atoms with Crippen LogP contribution in [-0.4, -0.2) is 59.8 Å². The molecule has 1 fully saturated rings. The first-order valence-electron chi connectivity index (χ1n) is 8.90. The molecule has 0 radical (unpaired) electrons. The number of fused-ring (bicyclic) bond motifs is 2.